The van der Waals surface area contributed by atoms with E-state index in [2.05, 4.69) is 5.32 Å². The summed E-state index contributed by atoms with van der Waals surface area (Å²) >= 11 is 1.36. The first-order valence-electron chi connectivity index (χ1n) is 6.18. The van der Waals surface area contributed by atoms with Gasteiger partial charge in [0.25, 0.3) is 5.69 Å². The molecule has 1 N–H and O–H groups in total. The van der Waals surface area contributed by atoms with Gasteiger partial charge in [-0.25, -0.2) is 0 Å². The number of hydrogen-bond donors (Lipinski definition) is 1. The molecular formula is C15H10N2O3S. The number of fused-ring (bicyclic) bond motifs is 1. The summed E-state index contributed by atoms with van der Waals surface area (Å²) < 4.78 is 0. The Bertz CT molecular complexity index is 771. The van der Waals surface area contributed by atoms with Crippen molar-refractivity contribution in [2.45, 2.75) is 4.90 Å². The van der Waals surface area contributed by atoms with E-state index < -0.39 is 4.92 Å². The lowest BCUT2D eigenvalue weighted by atomic mass is 10.1. The Hall–Kier alpha value is -2.60. The number of nitro benzene ring substituents is 1. The topological polar surface area (TPSA) is 72.2 Å². The van der Waals surface area contributed by atoms with Crippen LogP contribution in [0, 0.1) is 10.1 Å². The normalized spacial score (nSPS) is 15.0. The molecule has 0 amide bonds. The third kappa shape index (κ3) is 2.53. The molecular weight excluding hydrogens is 288 g/mol. The highest BCUT2D eigenvalue weighted by molar-refractivity contribution is 8.04. The molecule has 3 rings (SSSR count). The number of ketones is 1. The quantitative estimate of drug-likeness (QED) is 0.529. The Morgan fingerprint density at radius 1 is 1.10 bits per heavy atom. The van der Waals surface area contributed by atoms with Crippen molar-refractivity contribution in [3.05, 3.63) is 75.3 Å². The number of anilines is 1. The molecule has 104 valence electrons. The molecule has 5 nitrogen and oxygen atoms in total. The zero-order valence-corrected chi connectivity index (χ0v) is 11.6. The number of thioether (sulfide) groups is 1. The second-order valence-corrected chi connectivity index (χ2v) is 5.44. The Labute approximate surface area is 124 Å². The molecule has 1 aliphatic heterocycles. The lowest BCUT2D eigenvalue weighted by Gasteiger charge is -2.02. The molecule has 21 heavy (non-hydrogen) atoms. The van der Waals surface area contributed by atoms with E-state index in [9.17, 15) is 14.9 Å². The molecule has 0 bridgehead atoms. The van der Waals surface area contributed by atoms with E-state index >= 15 is 0 Å². The van der Waals surface area contributed by atoms with Crippen LogP contribution in [0.15, 0.2) is 64.5 Å². The minimum atomic E-state index is -0.459. The van der Waals surface area contributed by atoms with Gasteiger partial charge in [-0.15, -0.1) is 0 Å². The summed E-state index contributed by atoms with van der Waals surface area (Å²) in [4.78, 5) is 24.1. The van der Waals surface area contributed by atoms with E-state index in [-0.39, 0.29) is 11.5 Å². The fraction of sp³-hybridized carbons (Fsp3) is 0. The van der Waals surface area contributed by atoms with Gasteiger partial charge in [-0.2, -0.15) is 0 Å². The van der Waals surface area contributed by atoms with Crippen LogP contribution in [0.3, 0.4) is 0 Å². The monoisotopic (exact) mass is 298 g/mol. The first-order chi connectivity index (χ1) is 10.2. The molecule has 2 aromatic carbocycles. The van der Waals surface area contributed by atoms with Crippen molar-refractivity contribution in [2.75, 3.05) is 5.32 Å². The SMILES string of the molecule is O=C1/C(=C/Nc2ccccc2[N+](=O)[O-])Sc2ccccc21. The number of nitrogens with one attached hydrogen (secondary N) is 1. The van der Waals surface area contributed by atoms with E-state index in [0.29, 0.717) is 16.2 Å². The van der Waals surface area contributed by atoms with Crippen molar-refractivity contribution in [2.24, 2.45) is 0 Å². The van der Waals surface area contributed by atoms with Gasteiger partial charge in [-0.1, -0.05) is 36.0 Å². The predicted octanol–water partition coefficient (Wildman–Crippen LogP) is 3.84. The molecule has 0 saturated heterocycles. The van der Waals surface area contributed by atoms with Crippen LogP contribution in [0.2, 0.25) is 0 Å². The Balaban J connectivity index is 1.86. The summed E-state index contributed by atoms with van der Waals surface area (Å²) in [5, 5.41) is 13.8. The van der Waals surface area contributed by atoms with E-state index in [1.807, 2.05) is 18.2 Å². The van der Waals surface area contributed by atoms with Crippen molar-refractivity contribution in [3.8, 4) is 0 Å². The maximum atomic E-state index is 12.2. The summed E-state index contributed by atoms with van der Waals surface area (Å²) in [7, 11) is 0. The minimum Gasteiger partial charge on any atom is -0.355 e. The Morgan fingerprint density at radius 3 is 2.57 bits per heavy atom. The fourth-order valence-electron chi connectivity index (χ4n) is 2.03. The van der Waals surface area contributed by atoms with Crippen molar-refractivity contribution >= 4 is 28.9 Å². The molecule has 0 aliphatic carbocycles. The first-order valence-corrected chi connectivity index (χ1v) is 7.00. The molecule has 0 radical (unpaired) electrons. The molecule has 0 spiro atoms. The van der Waals surface area contributed by atoms with Crippen LogP contribution in [0.5, 0.6) is 0 Å². The molecule has 1 heterocycles. The van der Waals surface area contributed by atoms with Gasteiger partial charge in [-0.05, 0) is 18.2 Å². The van der Waals surface area contributed by atoms with Crippen molar-refractivity contribution in [1.29, 1.82) is 0 Å². The molecule has 0 fully saturated rings. The Morgan fingerprint density at radius 2 is 1.81 bits per heavy atom. The molecule has 0 atom stereocenters. The number of nitrogens with zero attached hydrogens (tertiary/aromatic N) is 1. The van der Waals surface area contributed by atoms with Crippen molar-refractivity contribution in [3.63, 3.8) is 0 Å². The van der Waals surface area contributed by atoms with Crippen molar-refractivity contribution in [1.82, 2.24) is 0 Å². The highest BCUT2D eigenvalue weighted by Gasteiger charge is 2.25. The summed E-state index contributed by atoms with van der Waals surface area (Å²) in [6.45, 7) is 0. The van der Waals surface area contributed by atoms with Crippen LogP contribution in [0.25, 0.3) is 0 Å². The third-order valence-electron chi connectivity index (χ3n) is 3.03. The number of para-hydroxylation sites is 2. The number of nitro groups is 1. The summed E-state index contributed by atoms with van der Waals surface area (Å²) in [6.07, 6.45) is 1.52. The van der Waals surface area contributed by atoms with Crippen LogP contribution in [0.1, 0.15) is 10.4 Å². The third-order valence-corrected chi connectivity index (χ3v) is 4.13. The fourth-order valence-corrected chi connectivity index (χ4v) is 3.01. The average Bonchev–Trinajstić information content (AvgIpc) is 2.82. The predicted molar refractivity (Wildman–Crippen MR) is 81.4 cm³/mol. The lowest BCUT2D eigenvalue weighted by molar-refractivity contribution is -0.383. The number of benzene rings is 2. The van der Waals surface area contributed by atoms with Crippen LogP contribution < -0.4 is 5.32 Å². The number of allylic oxidation sites excluding steroid dienone is 1. The van der Waals surface area contributed by atoms with Crippen LogP contribution >= 0.6 is 11.8 Å². The van der Waals surface area contributed by atoms with Gasteiger partial charge in [0.2, 0.25) is 5.78 Å². The van der Waals surface area contributed by atoms with Gasteiger partial charge in [0.05, 0.1) is 9.83 Å². The molecule has 1 aliphatic rings. The van der Waals surface area contributed by atoms with Gasteiger partial charge in [0.15, 0.2) is 0 Å². The zero-order valence-electron chi connectivity index (χ0n) is 10.8. The summed E-state index contributed by atoms with van der Waals surface area (Å²) in [6, 6.07) is 13.7. The molecule has 2 aromatic rings. The van der Waals surface area contributed by atoms with Crippen LogP contribution in [0.4, 0.5) is 11.4 Å². The highest BCUT2D eigenvalue weighted by atomic mass is 32.2. The molecule has 0 aromatic heterocycles. The van der Waals surface area contributed by atoms with Crippen LogP contribution in [-0.4, -0.2) is 10.7 Å². The van der Waals surface area contributed by atoms with Crippen LogP contribution in [-0.2, 0) is 0 Å². The average molecular weight is 298 g/mol. The number of carbonyl (C=O) groups is 1. The second kappa shape index (κ2) is 5.41. The standard InChI is InChI=1S/C15H10N2O3S/c18-15-10-5-1-4-8-13(10)21-14(15)9-16-11-6-2-3-7-12(11)17(19)20/h1-9,16H/b14-9-. The number of rotatable bonds is 3. The van der Waals surface area contributed by atoms with Gasteiger partial charge in [0, 0.05) is 22.7 Å². The Kier molecular flexibility index (Phi) is 3.45. The smallest absolute Gasteiger partial charge is 0.292 e. The molecule has 0 unspecified atom stereocenters. The largest absolute Gasteiger partial charge is 0.355 e. The maximum absolute atomic E-state index is 12.2. The first kappa shape index (κ1) is 13.4. The van der Waals surface area contributed by atoms with Gasteiger partial charge in [0.1, 0.15) is 5.69 Å². The molecule has 6 heteroatoms. The van der Waals surface area contributed by atoms with Gasteiger partial charge >= 0.3 is 0 Å². The molecule has 0 saturated carbocycles. The second-order valence-electron chi connectivity index (χ2n) is 4.35. The minimum absolute atomic E-state index is 0.0256. The number of carbonyl (C=O) groups excluding carboxylic acids is 1. The van der Waals surface area contributed by atoms with E-state index in [1.54, 1.807) is 24.3 Å². The summed E-state index contributed by atoms with van der Waals surface area (Å²) in [5.74, 6) is -0.0679. The summed E-state index contributed by atoms with van der Waals surface area (Å²) in [5.41, 5.74) is 1.000. The maximum Gasteiger partial charge on any atom is 0.292 e. The lowest BCUT2D eigenvalue weighted by Crippen LogP contribution is -1.99. The van der Waals surface area contributed by atoms with E-state index in [0.717, 1.165) is 4.90 Å². The number of hydrogen-bond acceptors (Lipinski definition) is 5. The van der Waals surface area contributed by atoms with E-state index in [4.69, 9.17) is 0 Å². The van der Waals surface area contributed by atoms with Crippen molar-refractivity contribution < 1.29 is 9.72 Å². The van der Waals surface area contributed by atoms with E-state index in [1.165, 1.54) is 24.0 Å². The number of Topliss-reactive ketones (excluding diaryl/α,β-unsaturated/α-hetero) is 1. The van der Waals surface area contributed by atoms with Gasteiger partial charge < -0.3 is 5.32 Å². The highest BCUT2D eigenvalue weighted by Crippen LogP contribution is 2.39. The van der Waals surface area contributed by atoms with Gasteiger partial charge in [-0.3, -0.25) is 14.9 Å². The zero-order chi connectivity index (χ0) is 14.8.